The van der Waals surface area contributed by atoms with Gasteiger partial charge in [0.25, 0.3) is 0 Å². The molecule has 16 heavy (non-hydrogen) atoms. The predicted octanol–water partition coefficient (Wildman–Crippen LogP) is 2.89. The normalized spacial score (nSPS) is 10.6. The van der Waals surface area contributed by atoms with Gasteiger partial charge >= 0.3 is 0 Å². The van der Waals surface area contributed by atoms with Crippen molar-refractivity contribution in [3.63, 3.8) is 0 Å². The van der Waals surface area contributed by atoms with Crippen LogP contribution in [0.4, 0.5) is 0 Å². The number of aromatic nitrogens is 2. The first-order valence-electron chi connectivity index (χ1n) is 5.32. The van der Waals surface area contributed by atoms with E-state index >= 15 is 0 Å². The third-order valence-corrected chi connectivity index (χ3v) is 3.31. The SMILES string of the molecule is CCCn1cc(C(=O)c2cscc2C)cn1. The molecule has 0 aliphatic rings. The fraction of sp³-hybridized carbons (Fsp3) is 0.333. The molecule has 2 aromatic heterocycles. The number of hydrogen-bond acceptors (Lipinski definition) is 3. The van der Waals surface area contributed by atoms with E-state index in [0.29, 0.717) is 5.56 Å². The lowest BCUT2D eigenvalue weighted by atomic mass is 10.1. The average Bonchev–Trinajstić information content (AvgIpc) is 2.87. The molecule has 0 bridgehead atoms. The first kappa shape index (κ1) is 11.1. The van der Waals surface area contributed by atoms with E-state index in [0.717, 1.165) is 24.1 Å². The van der Waals surface area contributed by atoms with Crippen molar-refractivity contribution in [1.82, 2.24) is 9.78 Å². The number of aryl methyl sites for hydroxylation is 2. The van der Waals surface area contributed by atoms with E-state index in [2.05, 4.69) is 12.0 Å². The molecule has 4 heteroatoms. The molecule has 0 saturated heterocycles. The maximum atomic E-state index is 12.1. The minimum absolute atomic E-state index is 0.0705. The molecule has 3 nitrogen and oxygen atoms in total. The maximum Gasteiger partial charge on any atom is 0.197 e. The van der Waals surface area contributed by atoms with Crippen molar-refractivity contribution in [3.05, 3.63) is 39.8 Å². The van der Waals surface area contributed by atoms with Crippen molar-refractivity contribution >= 4 is 17.1 Å². The summed E-state index contributed by atoms with van der Waals surface area (Å²) < 4.78 is 1.81. The molecule has 2 heterocycles. The van der Waals surface area contributed by atoms with Crippen LogP contribution in [0.5, 0.6) is 0 Å². The third-order valence-electron chi connectivity index (χ3n) is 2.45. The highest BCUT2D eigenvalue weighted by molar-refractivity contribution is 7.08. The summed E-state index contributed by atoms with van der Waals surface area (Å²) in [4.78, 5) is 12.1. The molecule has 0 aliphatic carbocycles. The van der Waals surface area contributed by atoms with Crippen molar-refractivity contribution in [3.8, 4) is 0 Å². The summed E-state index contributed by atoms with van der Waals surface area (Å²) in [6.07, 6.45) is 4.49. The summed E-state index contributed by atoms with van der Waals surface area (Å²) in [6, 6.07) is 0. The predicted molar refractivity (Wildman–Crippen MR) is 65.0 cm³/mol. The lowest BCUT2D eigenvalue weighted by molar-refractivity contribution is 0.103. The standard InChI is InChI=1S/C12H14N2OS/c1-3-4-14-6-10(5-13-14)12(15)11-8-16-7-9(11)2/h5-8H,3-4H2,1-2H3. The quantitative estimate of drug-likeness (QED) is 0.762. The van der Waals surface area contributed by atoms with E-state index < -0.39 is 0 Å². The van der Waals surface area contributed by atoms with Crippen molar-refractivity contribution in [2.75, 3.05) is 0 Å². The van der Waals surface area contributed by atoms with Crippen molar-refractivity contribution in [2.24, 2.45) is 0 Å². The molecule has 2 rings (SSSR count). The number of hydrogen-bond donors (Lipinski definition) is 0. The minimum atomic E-state index is 0.0705. The molecular formula is C12H14N2OS. The number of rotatable bonds is 4. The van der Waals surface area contributed by atoms with Crippen LogP contribution >= 0.6 is 11.3 Å². The van der Waals surface area contributed by atoms with Gasteiger partial charge in [0.05, 0.1) is 11.8 Å². The minimum Gasteiger partial charge on any atom is -0.288 e. The first-order chi connectivity index (χ1) is 7.72. The van der Waals surface area contributed by atoms with Crippen LogP contribution in [0.2, 0.25) is 0 Å². The Hall–Kier alpha value is -1.42. The van der Waals surface area contributed by atoms with E-state index in [4.69, 9.17) is 0 Å². The van der Waals surface area contributed by atoms with Gasteiger partial charge in [0.2, 0.25) is 0 Å². The Labute approximate surface area is 98.7 Å². The molecular weight excluding hydrogens is 220 g/mol. The summed E-state index contributed by atoms with van der Waals surface area (Å²) >= 11 is 1.56. The number of ketones is 1. The lowest BCUT2D eigenvalue weighted by Gasteiger charge is -1.96. The van der Waals surface area contributed by atoms with Crippen molar-refractivity contribution in [1.29, 1.82) is 0 Å². The topological polar surface area (TPSA) is 34.9 Å². The van der Waals surface area contributed by atoms with Gasteiger partial charge in [-0.15, -0.1) is 0 Å². The molecule has 0 fully saturated rings. The Morgan fingerprint density at radius 3 is 2.94 bits per heavy atom. The van der Waals surface area contributed by atoms with Crippen LogP contribution < -0.4 is 0 Å². The van der Waals surface area contributed by atoms with Crippen molar-refractivity contribution < 1.29 is 4.79 Å². The zero-order chi connectivity index (χ0) is 11.5. The van der Waals surface area contributed by atoms with Gasteiger partial charge < -0.3 is 0 Å². The Bertz CT molecular complexity index is 499. The van der Waals surface area contributed by atoms with Gasteiger partial charge in [-0.2, -0.15) is 16.4 Å². The summed E-state index contributed by atoms with van der Waals surface area (Å²) in [6.45, 7) is 4.91. The summed E-state index contributed by atoms with van der Waals surface area (Å²) in [5, 5.41) is 8.05. The van der Waals surface area contributed by atoms with Gasteiger partial charge in [0.15, 0.2) is 5.78 Å². The number of nitrogens with zero attached hydrogens (tertiary/aromatic N) is 2. The zero-order valence-electron chi connectivity index (χ0n) is 9.43. The Kier molecular flexibility index (Phi) is 3.19. The molecule has 0 radical (unpaired) electrons. The summed E-state index contributed by atoms with van der Waals surface area (Å²) in [5.74, 6) is 0.0705. The largest absolute Gasteiger partial charge is 0.288 e. The summed E-state index contributed by atoms with van der Waals surface area (Å²) in [7, 11) is 0. The molecule has 0 aliphatic heterocycles. The van der Waals surface area contributed by atoms with Crippen molar-refractivity contribution in [2.45, 2.75) is 26.8 Å². The van der Waals surface area contributed by atoms with E-state index in [1.165, 1.54) is 0 Å². The molecule has 0 aromatic carbocycles. The van der Waals surface area contributed by atoms with Crippen LogP contribution in [-0.2, 0) is 6.54 Å². The smallest absolute Gasteiger partial charge is 0.197 e. The average molecular weight is 234 g/mol. The van der Waals surface area contributed by atoms with Gasteiger partial charge in [0, 0.05) is 23.7 Å². The number of thiophene rings is 1. The highest BCUT2D eigenvalue weighted by Crippen LogP contribution is 2.17. The highest BCUT2D eigenvalue weighted by Gasteiger charge is 2.14. The second kappa shape index (κ2) is 4.61. The summed E-state index contributed by atoms with van der Waals surface area (Å²) in [5.41, 5.74) is 2.51. The van der Waals surface area contributed by atoms with Gasteiger partial charge in [-0.1, -0.05) is 6.92 Å². The van der Waals surface area contributed by atoms with Crippen LogP contribution in [0, 0.1) is 6.92 Å². The van der Waals surface area contributed by atoms with Crippen LogP contribution in [0.3, 0.4) is 0 Å². The van der Waals surface area contributed by atoms with E-state index in [1.807, 2.05) is 28.6 Å². The number of carbonyl (C=O) groups excluding carboxylic acids is 1. The fourth-order valence-corrected chi connectivity index (χ4v) is 2.41. The maximum absolute atomic E-state index is 12.1. The lowest BCUT2D eigenvalue weighted by Crippen LogP contribution is -2.00. The Morgan fingerprint density at radius 2 is 2.31 bits per heavy atom. The van der Waals surface area contributed by atoms with E-state index in [9.17, 15) is 4.79 Å². The Morgan fingerprint density at radius 1 is 1.50 bits per heavy atom. The Balaban J connectivity index is 2.24. The molecule has 0 amide bonds. The van der Waals surface area contributed by atoms with Crippen LogP contribution in [0.15, 0.2) is 23.2 Å². The van der Waals surface area contributed by atoms with Gasteiger partial charge in [-0.3, -0.25) is 9.48 Å². The second-order valence-corrected chi connectivity index (χ2v) is 4.53. The van der Waals surface area contributed by atoms with Crippen LogP contribution in [0.1, 0.15) is 34.8 Å². The molecule has 0 spiro atoms. The molecule has 0 saturated carbocycles. The molecule has 0 N–H and O–H groups in total. The zero-order valence-corrected chi connectivity index (χ0v) is 10.3. The molecule has 84 valence electrons. The van der Waals surface area contributed by atoms with Gasteiger partial charge in [-0.25, -0.2) is 0 Å². The first-order valence-corrected chi connectivity index (χ1v) is 6.26. The van der Waals surface area contributed by atoms with Gasteiger partial charge in [-0.05, 0) is 24.3 Å². The van der Waals surface area contributed by atoms with E-state index in [-0.39, 0.29) is 5.78 Å². The third kappa shape index (κ3) is 2.07. The van der Waals surface area contributed by atoms with E-state index in [1.54, 1.807) is 17.5 Å². The monoisotopic (exact) mass is 234 g/mol. The fourth-order valence-electron chi connectivity index (χ4n) is 1.58. The molecule has 2 aromatic rings. The van der Waals surface area contributed by atoms with Crippen LogP contribution in [-0.4, -0.2) is 15.6 Å². The van der Waals surface area contributed by atoms with Gasteiger partial charge in [0.1, 0.15) is 0 Å². The number of carbonyl (C=O) groups is 1. The molecule has 0 atom stereocenters. The second-order valence-electron chi connectivity index (χ2n) is 3.79. The highest BCUT2D eigenvalue weighted by atomic mass is 32.1. The molecule has 0 unspecified atom stereocenters. The van der Waals surface area contributed by atoms with Crippen LogP contribution in [0.25, 0.3) is 0 Å².